The van der Waals surface area contributed by atoms with Crippen LogP contribution in [-0.4, -0.2) is 35.0 Å². The van der Waals surface area contributed by atoms with Crippen LogP contribution in [0.5, 0.6) is 0 Å². The fourth-order valence-corrected chi connectivity index (χ4v) is 4.32. The van der Waals surface area contributed by atoms with E-state index in [1.807, 2.05) is 11.8 Å². The van der Waals surface area contributed by atoms with Crippen molar-refractivity contribution in [2.45, 2.75) is 51.9 Å². The van der Waals surface area contributed by atoms with Crippen molar-refractivity contribution in [2.75, 3.05) is 13.1 Å². The predicted molar refractivity (Wildman–Crippen MR) is 92.7 cm³/mol. The van der Waals surface area contributed by atoms with Crippen molar-refractivity contribution in [2.24, 2.45) is 11.3 Å². The zero-order valence-corrected chi connectivity index (χ0v) is 14.5. The van der Waals surface area contributed by atoms with Crippen molar-refractivity contribution in [1.29, 1.82) is 0 Å². The summed E-state index contributed by atoms with van der Waals surface area (Å²) in [5.41, 5.74) is 3.33. The van der Waals surface area contributed by atoms with Gasteiger partial charge in [0.2, 0.25) is 5.91 Å². The van der Waals surface area contributed by atoms with Gasteiger partial charge in [0.15, 0.2) is 0 Å². The lowest BCUT2D eigenvalue weighted by molar-refractivity contribution is -0.139. The molecule has 24 heavy (non-hydrogen) atoms. The van der Waals surface area contributed by atoms with Crippen LogP contribution in [0.15, 0.2) is 24.3 Å². The second-order valence-electron chi connectivity index (χ2n) is 7.73. The Morgan fingerprint density at radius 3 is 2.46 bits per heavy atom. The zero-order chi connectivity index (χ0) is 17.2. The highest BCUT2D eigenvalue weighted by atomic mass is 16.4. The maximum atomic E-state index is 12.4. The quantitative estimate of drug-likeness (QED) is 0.922. The van der Waals surface area contributed by atoms with Crippen LogP contribution in [0.25, 0.3) is 0 Å². The molecule has 1 spiro atoms. The molecule has 0 saturated carbocycles. The van der Waals surface area contributed by atoms with E-state index in [4.69, 9.17) is 5.11 Å². The molecule has 1 aromatic rings. The number of carboxylic acids is 1. The highest BCUT2D eigenvalue weighted by molar-refractivity contribution is 5.77. The number of aliphatic carboxylic acids is 1. The SMILES string of the molecule is CC(CC(=O)O)CC(=O)N1CCC2(CCc3ccccc3C2)CC1. The number of rotatable bonds is 4. The molecule has 1 fully saturated rings. The lowest BCUT2D eigenvalue weighted by Gasteiger charge is -2.45. The molecule has 4 heteroatoms. The van der Waals surface area contributed by atoms with Gasteiger partial charge in [0.1, 0.15) is 0 Å². The molecule has 1 atom stereocenters. The first-order valence-corrected chi connectivity index (χ1v) is 9.04. The molecule has 1 N–H and O–H groups in total. The van der Waals surface area contributed by atoms with Gasteiger partial charge in [-0.05, 0) is 54.6 Å². The zero-order valence-electron chi connectivity index (χ0n) is 14.5. The number of likely N-dealkylation sites (tertiary alicyclic amines) is 1. The molecule has 3 rings (SSSR count). The minimum atomic E-state index is -0.825. The summed E-state index contributed by atoms with van der Waals surface area (Å²) in [5, 5.41) is 8.83. The van der Waals surface area contributed by atoms with Gasteiger partial charge in [-0.2, -0.15) is 0 Å². The molecule has 1 heterocycles. The Balaban J connectivity index is 1.54. The molecule has 1 aliphatic heterocycles. The fourth-order valence-electron chi connectivity index (χ4n) is 4.32. The van der Waals surface area contributed by atoms with Gasteiger partial charge in [-0.15, -0.1) is 0 Å². The molecular weight excluding hydrogens is 302 g/mol. The van der Waals surface area contributed by atoms with E-state index >= 15 is 0 Å². The average molecular weight is 329 g/mol. The minimum absolute atomic E-state index is 0.0697. The number of piperidine rings is 1. The largest absolute Gasteiger partial charge is 0.481 e. The second kappa shape index (κ2) is 6.96. The number of fused-ring (bicyclic) bond motifs is 1. The van der Waals surface area contributed by atoms with Crippen LogP contribution >= 0.6 is 0 Å². The van der Waals surface area contributed by atoms with Gasteiger partial charge < -0.3 is 10.0 Å². The maximum absolute atomic E-state index is 12.4. The summed E-state index contributed by atoms with van der Waals surface area (Å²) in [4.78, 5) is 25.1. The molecule has 1 unspecified atom stereocenters. The summed E-state index contributed by atoms with van der Waals surface area (Å²) in [6.45, 7) is 3.48. The van der Waals surface area contributed by atoms with Crippen LogP contribution in [0.2, 0.25) is 0 Å². The normalized spacial score (nSPS) is 20.5. The molecule has 2 aliphatic rings. The van der Waals surface area contributed by atoms with Crippen molar-refractivity contribution in [3.05, 3.63) is 35.4 Å². The Kier molecular flexibility index (Phi) is 4.93. The monoisotopic (exact) mass is 329 g/mol. The van der Waals surface area contributed by atoms with Gasteiger partial charge in [0.25, 0.3) is 0 Å². The number of amides is 1. The summed E-state index contributed by atoms with van der Waals surface area (Å²) < 4.78 is 0. The fraction of sp³-hybridized carbons (Fsp3) is 0.600. The third-order valence-corrected chi connectivity index (χ3v) is 5.83. The highest BCUT2D eigenvalue weighted by Crippen LogP contribution is 2.43. The van der Waals surface area contributed by atoms with E-state index in [9.17, 15) is 9.59 Å². The van der Waals surface area contributed by atoms with Crippen LogP contribution in [0.1, 0.15) is 50.2 Å². The molecule has 1 saturated heterocycles. The van der Waals surface area contributed by atoms with Crippen molar-refractivity contribution in [3.63, 3.8) is 0 Å². The smallest absolute Gasteiger partial charge is 0.303 e. The van der Waals surface area contributed by atoms with E-state index in [0.29, 0.717) is 11.8 Å². The number of carbonyl (C=O) groups is 2. The molecular formula is C20H27NO3. The lowest BCUT2D eigenvalue weighted by atomic mass is 9.66. The predicted octanol–water partition coefficient (Wildman–Crippen LogP) is 3.29. The van der Waals surface area contributed by atoms with Crippen LogP contribution in [0.4, 0.5) is 0 Å². The van der Waals surface area contributed by atoms with E-state index in [-0.39, 0.29) is 18.2 Å². The summed E-state index contributed by atoms with van der Waals surface area (Å²) in [5.74, 6) is -0.795. The number of carbonyl (C=O) groups excluding carboxylic acids is 1. The molecule has 130 valence electrons. The summed E-state index contributed by atoms with van der Waals surface area (Å²) in [6, 6.07) is 8.74. The topological polar surface area (TPSA) is 57.6 Å². The van der Waals surface area contributed by atoms with Crippen LogP contribution in [0.3, 0.4) is 0 Å². The Bertz CT molecular complexity index is 617. The van der Waals surface area contributed by atoms with E-state index in [1.54, 1.807) is 0 Å². The number of hydrogen-bond donors (Lipinski definition) is 1. The third kappa shape index (κ3) is 3.80. The number of hydrogen-bond acceptors (Lipinski definition) is 2. The number of aryl methyl sites for hydroxylation is 1. The number of carboxylic acid groups (broad SMARTS) is 1. The van der Waals surface area contributed by atoms with Crippen molar-refractivity contribution in [1.82, 2.24) is 4.90 Å². The first-order chi connectivity index (χ1) is 11.5. The molecule has 0 radical (unpaired) electrons. The summed E-state index contributed by atoms with van der Waals surface area (Å²) in [6.07, 6.45) is 6.07. The van der Waals surface area contributed by atoms with Gasteiger partial charge in [-0.25, -0.2) is 0 Å². The van der Waals surface area contributed by atoms with Gasteiger partial charge in [0.05, 0.1) is 0 Å². The Hall–Kier alpha value is -1.84. The third-order valence-electron chi connectivity index (χ3n) is 5.83. The van der Waals surface area contributed by atoms with Crippen LogP contribution in [-0.2, 0) is 22.4 Å². The van der Waals surface area contributed by atoms with Crippen LogP contribution < -0.4 is 0 Å². The van der Waals surface area contributed by atoms with Crippen molar-refractivity contribution in [3.8, 4) is 0 Å². The standard InChI is InChI=1S/C20H27NO3/c1-15(13-19(23)24)12-18(22)21-10-8-20(9-11-21)7-6-16-4-2-3-5-17(16)14-20/h2-5,15H,6-14H2,1H3,(H,23,24). The Labute approximate surface area is 143 Å². The molecule has 4 nitrogen and oxygen atoms in total. The van der Waals surface area contributed by atoms with Crippen LogP contribution in [0, 0.1) is 11.3 Å². The molecule has 1 aliphatic carbocycles. The Morgan fingerprint density at radius 1 is 1.12 bits per heavy atom. The minimum Gasteiger partial charge on any atom is -0.481 e. The number of benzene rings is 1. The van der Waals surface area contributed by atoms with E-state index in [2.05, 4.69) is 24.3 Å². The number of nitrogens with zero attached hydrogens (tertiary/aromatic N) is 1. The molecule has 0 aromatic heterocycles. The van der Waals surface area contributed by atoms with Gasteiger partial charge >= 0.3 is 5.97 Å². The first kappa shape index (κ1) is 17.0. The second-order valence-corrected chi connectivity index (χ2v) is 7.73. The molecule has 0 bridgehead atoms. The Morgan fingerprint density at radius 2 is 1.79 bits per heavy atom. The van der Waals surface area contributed by atoms with E-state index in [0.717, 1.165) is 38.8 Å². The summed E-state index contributed by atoms with van der Waals surface area (Å²) in [7, 11) is 0. The lowest BCUT2D eigenvalue weighted by Crippen LogP contribution is -2.45. The molecule has 1 aromatic carbocycles. The van der Waals surface area contributed by atoms with Gasteiger partial charge in [-0.3, -0.25) is 9.59 Å². The van der Waals surface area contributed by atoms with Crippen molar-refractivity contribution >= 4 is 11.9 Å². The highest BCUT2D eigenvalue weighted by Gasteiger charge is 2.38. The van der Waals surface area contributed by atoms with E-state index < -0.39 is 5.97 Å². The van der Waals surface area contributed by atoms with Gasteiger partial charge in [0, 0.05) is 25.9 Å². The first-order valence-electron chi connectivity index (χ1n) is 9.04. The molecule has 1 amide bonds. The maximum Gasteiger partial charge on any atom is 0.303 e. The van der Waals surface area contributed by atoms with E-state index in [1.165, 1.54) is 17.5 Å². The van der Waals surface area contributed by atoms with Crippen molar-refractivity contribution < 1.29 is 14.7 Å². The summed E-state index contributed by atoms with van der Waals surface area (Å²) >= 11 is 0. The average Bonchev–Trinajstić information content (AvgIpc) is 2.54. The van der Waals surface area contributed by atoms with Gasteiger partial charge in [-0.1, -0.05) is 31.2 Å².